The fraction of sp³-hybridized carbons (Fsp3) is 0.625. The quantitative estimate of drug-likeness (QED) is 0.511. The lowest BCUT2D eigenvalue weighted by atomic mass is 10.3. The van der Waals surface area contributed by atoms with Crippen LogP contribution in [0.1, 0.15) is 6.42 Å². The number of methoxy groups -OCH3 is 2. The average Bonchev–Trinajstić information content (AvgIpc) is 2.26. The molecule has 4 heteroatoms. The van der Waals surface area contributed by atoms with Gasteiger partial charge in [0.25, 0.3) is 0 Å². The van der Waals surface area contributed by atoms with Gasteiger partial charge in [-0.1, -0.05) is 22.0 Å². The van der Waals surface area contributed by atoms with Crippen molar-refractivity contribution in [2.24, 2.45) is 4.99 Å². The molecule has 0 saturated heterocycles. The second-order valence-electron chi connectivity index (χ2n) is 2.46. The van der Waals surface area contributed by atoms with E-state index in [1.807, 2.05) is 12.2 Å². The van der Waals surface area contributed by atoms with Crippen LogP contribution in [0, 0.1) is 0 Å². The summed E-state index contributed by atoms with van der Waals surface area (Å²) in [4.78, 5) is 4.51. The number of nitrogens with zero attached hydrogens (tertiary/aromatic N) is 1. The van der Waals surface area contributed by atoms with Gasteiger partial charge in [0, 0.05) is 18.4 Å². The van der Waals surface area contributed by atoms with Crippen LogP contribution in [-0.2, 0) is 9.47 Å². The van der Waals surface area contributed by atoms with Crippen LogP contribution in [0.3, 0.4) is 0 Å². The predicted octanol–water partition coefficient (Wildman–Crippen LogP) is 1.73. The number of allylic oxidation sites excluding steroid dienone is 1. The number of rotatable bonds is 1. The summed E-state index contributed by atoms with van der Waals surface area (Å²) in [5, 5.41) is 0. The predicted molar refractivity (Wildman–Crippen MR) is 51.7 cm³/mol. The molecule has 0 N–H and O–H groups in total. The molecule has 0 aromatic carbocycles. The zero-order chi connectivity index (χ0) is 8.97. The number of hydrogen-bond acceptors (Lipinski definition) is 3. The van der Waals surface area contributed by atoms with Crippen LogP contribution in [0.2, 0.25) is 0 Å². The van der Waals surface area contributed by atoms with Crippen LogP contribution in [-0.4, -0.2) is 31.2 Å². The van der Waals surface area contributed by atoms with Crippen LogP contribution in [0.25, 0.3) is 0 Å². The lowest BCUT2D eigenvalue weighted by molar-refractivity contribution is 0.146. The highest BCUT2D eigenvalue weighted by molar-refractivity contribution is 9.09. The van der Waals surface area contributed by atoms with Gasteiger partial charge in [0.1, 0.15) is 0 Å². The van der Waals surface area contributed by atoms with Gasteiger partial charge in [-0.25, -0.2) is 4.99 Å². The summed E-state index contributed by atoms with van der Waals surface area (Å²) in [6.45, 7) is 0. The third-order valence-corrected chi connectivity index (χ3v) is 2.23. The van der Waals surface area contributed by atoms with Crippen molar-refractivity contribution in [1.29, 1.82) is 0 Å². The SMILES string of the molecule is COC1=NC(OC)C=CC(Br)C1. The summed E-state index contributed by atoms with van der Waals surface area (Å²) in [5.41, 5.74) is 0. The van der Waals surface area contributed by atoms with Crippen molar-refractivity contribution in [3.05, 3.63) is 12.2 Å². The highest BCUT2D eigenvalue weighted by Gasteiger charge is 2.13. The van der Waals surface area contributed by atoms with Gasteiger partial charge in [0.05, 0.1) is 7.11 Å². The molecule has 1 rings (SSSR count). The number of hydrogen-bond donors (Lipinski definition) is 0. The van der Waals surface area contributed by atoms with Gasteiger partial charge >= 0.3 is 0 Å². The van der Waals surface area contributed by atoms with Gasteiger partial charge < -0.3 is 9.47 Å². The molecule has 12 heavy (non-hydrogen) atoms. The van der Waals surface area contributed by atoms with E-state index in [1.54, 1.807) is 14.2 Å². The second kappa shape index (κ2) is 4.62. The minimum absolute atomic E-state index is 0.206. The first-order valence-corrected chi connectivity index (χ1v) is 4.63. The molecule has 0 radical (unpaired) electrons. The first-order valence-electron chi connectivity index (χ1n) is 3.72. The van der Waals surface area contributed by atoms with Crippen LogP contribution >= 0.6 is 15.9 Å². The Morgan fingerprint density at radius 2 is 2.25 bits per heavy atom. The summed E-state index contributed by atoms with van der Waals surface area (Å²) in [7, 11) is 3.25. The van der Waals surface area contributed by atoms with E-state index in [0.29, 0.717) is 5.90 Å². The first-order chi connectivity index (χ1) is 5.76. The second-order valence-corrected chi connectivity index (χ2v) is 3.63. The number of alkyl halides is 1. The summed E-state index contributed by atoms with van der Waals surface area (Å²) in [6.07, 6.45) is 4.49. The molecule has 0 aromatic rings. The standard InChI is InChI=1S/C8H12BrNO2/c1-11-7-4-3-6(9)5-8(10-7)12-2/h3-4,6-7H,5H2,1-2H3. The molecule has 68 valence electrons. The molecule has 0 aliphatic carbocycles. The molecule has 0 saturated carbocycles. The fourth-order valence-corrected chi connectivity index (χ4v) is 1.41. The molecule has 2 unspecified atom stereocenters. The molecule has 0 bridgehead atoms. The Hall–Kier alpha value is -0.350. The van der Waals surface area contributed by atoms with Crippen molar-refractivity contribution in [2.45, 2.75) is 17.5 Å². The Bertz CT molecular complexity index is 203. The smallest absolute Gasteiger partial charge is 0.187 e. The summed E-state index contributed by atoms with van der Waals surface area (Å²) < 4.78 is 10.2. The summed E-state index contributed by atoms with van der Waals surface area (Å²) in [6, 6.07) is 0. The molecule has 1 heterocycles. The van der Waals surface area contributed by atoms with E-state index >= 15 is 0 Å². The zero-order valence-corrected chi connectivity index (χ0v) is 8.74. The minimum Gasteiger partial charge on any atom is -0.484 e. The lowest BCUT2D eigenvalue weighted by Crippen LogP contribution is -2.09. The van der Waals surface area contributed by atoms with Gasteiger partial charge in [-0.15, -0.1) is 0 Å². The van der Waals surface area contributed by atoms with E-state index in [-0.39, 0.29) is 11.1 Å². The normalized spacial score (nSPS) is 29.4. The Labute approximate surface area is 80.6 Å². The maximum absolute atomic E-state index is 5.08. The molecule has 1 aliphatic heterocycles. The first kappa shape index (κ1) is 9.74. The summed E-state index contributed by atoms with van der Waals surface area (Å²) in [5.74, 6) is 0.716. The van der Waals surface area contributed by atoms with E-state index in [0.717, 1.165) is 6.42 Å². The molecule has 3 nitrogen and oxygen atoms in total. The molecule has 0 amide bonds. The van der Waals surface area contributed by atoms with Gasteiger partial charge in [-0.2, -0.15) is 0 Å². The lowest BCUT2D eigenvalue weighted by Gasteiger charge is -2.06. The number of aliphatic imine (C=N–C) groups is 1. The largest absolute Gasteiger partial charge is 0.484 e. The third-order valence-electron chi connectivity index (χ3n) is 1.60. The summed E-state index contributed by atoms with van der Waals surface area (Å²) >= 11 is 3.47. The fourth-order valence-electron chi connectivity index (χ4n) is 0.955. The molecule has 0 fully saturated rings. The van der Waals surface area contributed by atoms with Crippen molar-refractivity contribution >= 4 is 21.8 Å². The zero-order valence-electron chi connectivity index (χ0n) is 7.16. The maximum Gasteiger partial charge on any atom is 0.187 e. The highest BCUT2D eigenvalue weighted by atomic mass is 79.9. The monoisotopic (exact) mass is 233 g/mol. The van der Waals surface area contributed by atoms with E-state index in [1.165, 1.54) is 0 Å². The van der Waals surface area contributed by atoms with Crippen LogP contribution in [0.15, 0.2) is 17.1 Å². The van der Waals surface area contributed by atoms with E-state index in [2.05, 4.69) is 20.9 Å². The topological polar surface area (TPSA) is 30.8 Å². The Kier molecular flexibility index (Phi) is 3.75. The Balaban J connectivity index is 2.71. The highest BCUT2D eigenvalue weighted by Crippen LogP contribution is 2.14. The van der Waals surface area contributed by atoms with Gasteiger partial charge in [0.2, 0.25) is 0 Å². The van der Waals surface area contributed by atoms with Crippen molar-refractivity contribution in [1.82, 2.24) is 0 Å². The molecular formula is C8H12BrNO2. The Morgan fingerprint density at radius 3 is 2.83 bits per heavy atom. The van der Waals surface area contributed by atoms with Crippen LogP contribution < -0.4 is 0 Å². The van der Waals surface area contributed by atoms with Gasteiger partial charge in [0.15, 0.2) is 12.1 Å². The van der Waals surface area contributed by atoms with Crippen molar-refractivity contribution < 1.29 is 9.47 Å². The number of ether oxygens (including phenoxy) is 2. The Morgan fingerprint density at radius 1 is 1.50 bits per heavy atom. The van der Waals surface area contributed by atoms with Gasteiger partial charge in [-0.3, -0.25) is 0 Å². The maximum atomic E-state index is 5.08. The third kappa shape index (κ3) is 2.60. The van der Waals surface area contributed by atoms with Crippen molar-refractivity contribution in [2.75, 3.05) is 14.2 Å². The van der Waals surface area contributed by atoms with Crippen molar-refractivity contribution in [3.63, 3.8) is 0 Å². The van der Waals surface area contributed by atoms with E-state index < -0.39 is 0 Å². The van der Waals surface area contributed by atoms with Crippen molar-refractivity contribution in [3.8, 4) is 0 Å². The molecular weight excluding hydrogens is 222 g/mol. The van der Waals surface area contributed by atoms with Gasteiger partial charge in [-0.05, 0) is 6.08 Å². The van der Waals surface area contributed by atoms with Crippen LogP contribution in [0.5, 0.6) is 0 Å². The molecule has 2 atom stereocenters. The minimum atomic E-state index is -0.206. The average molecular weight is 234 g/mol. The van der Waals surface area contributed by atoms with Crippen LogP contribution in [0.4, 0.5) is 0 Å². The van der Waals surface area contributed by atoms with E-state index in [9.17, 15) is 0 Å². The number of halogens is 1. The molecule has 0 spiro atoms. The molecule has 1 aliphatic rings. The molecule has 0 aromatic heterocycles. The van der Waals surface area contributed by atoms with E-state index in [4.69, 9.17) is 9.47 Å².